The van der Waals surface area contributed by atoms with Gasteiger partial charge < -0.3 is 4.57 Å². The Kier molecular flexibility index (Phi) is 3.21. The minimum absolute atomic E-state index is 0.00886. The Labute approximate surface area is 116 Å². The molecule has 0 saturated carbocycles. The summed E-state index contributed by atoms with van der Waals surface area (Å²) in [5.74, 6) is 0. The molecule has 0 N–H and O–H groups in total. The molecule has 0 saturated heterocycles. The molecule has 3 rings (SSSR count). The smallest absolute Gasteiger partial charge is 0.250 e. The maximum atomic E-state index is 11.4. The average molecular weight is 265 g/mol. The van der Waals surface area contributed by atoms with Gasteiger partial charge in [-0.25, -0.2) is 0 Å². The van der Waals surface area contributed by atoms with Crippen molar-refractivity contribution in [2.24, 2.45) is 7.05 Å². The first-order chi connectivity index (χ1) is 9.72. The Hall–Kier alpha value is -2.62. The second kappa shape index (κ2) is 5.17. The molecule has 1 aromatic carbocycles. The van der Waals surface area contributed by atoms with E-state index in [9.17, 15) is 4.79 Å². The fourth-order valence-electron chi connectivity index (χ4n) is 2.13. The lowest BCUT2D eigenvalue weighted by Gasteiger charge is -2.02. The van der Waals surface area contributed by atoms with E-state index in [4.69, 9.17) is 0 Å². The van der Waals surface area contributed by atoms with Gasteiger partial charge in [-0.3, -0.25) is 9.48 Å². The van der Waals surface area contributed by atoms with Crippen molar-refractivity contribution in [2.75, 3.05) is 0 Å². The van der Waals surface area contributed by atoms with Crippen LogP contribution in [0.25, 0.3) is 11.1 Å². The number of aromatic nitrogens is 3. The van der Waals surface area contributed by atoms with Crippen molar-refractivity contribution < 1.29 is 0 Å². The topological polar surface area (TPSA) is 39.8 Å². The molecule has 3 aromatic rings. The Bertz CT molecular complexity index is 772. The van der Waals surface area contributed by atoms with E-state index in [1.165, 1.54) is 5.56 Å². The number of hydrogen-bond donors (Lipinski definition) is 0. The van der Waals surface area contributed by atoms with E-state index in [0.29, 0.717) is 0 Å². The molecule has 0 aliphatic heterocycles. The molecule has 0 atom stereocenters. The molecule has 100 valence electrons. The van der Waals surface area contributed by atoms with Crippen LogP contribution in [0.3, 0.4) is 0 Å². The molecule has 0 aliphatic carbocycles. The molecular formula is C16H15N3O. The first-order valence-electron chi connectivity index (χ1n) is 6.46. The van der Waals surface area contributed by atoms with E-state index in [0.717, 1.165) is 17.7 Å². The Morgan fingerprint density at radius 3 is 2.55 bits per heavy atom. The van der Waals surface area contributed by atoms with Crippen LogP contribution in [0.4, 0.5) is 0 Å². The SMILES string of the molecule is Cn1cc(-c2cnn(Cc3ccccc3)c2)ccc1=O. The Morgan fingerprint density at radius 1 is 1.00 bits per heavy atom. The molecule has 0 bridgehead atoms. The first kappa shape index (κ1) is 12.4. The summed E-state index contributed by atoms with van der Waals surface area (Å²) in [6.07, 6.45) is 5.64. The van der Waals surface area contributed by atoms with Crippen LogP contribution in [0, 0.1) is 0 Å². The first-order valence-corrected chi connectivity index (χ1v) is 6.46. The molecule has 20 heavy (non-hydrogen) atoms. The summed E-state index contributed by atoms with van der Waals surface area (Å²) in [5.41, 5.74) is 3.20. The fourth-order valence-corrected chi connectivity index (χ4v) is 2.13. The fraction of sp³-hybridized carbons (Fsp3) is 0.125. The Balaban J connectivity index is 1.86. The number of rotatable bonds is 3. The largest absolute Gasteiger partial charge is 0.318 e. The monoisotopic (exact) mass is 265 g/mol. The van der Waals surface area contributed by atoms with Crippen molar-refractivity contribution in [3.8, 4) is 11.1 Å². The maximum Gasteiger partial charge on any atom is 0.250 e. The summed E-state index contributed by atoms with van der Waals surface area (Å²) < 4.78 is 3.47. The second-order valence-electron chi connectivity index (χ2n) is 4.78. The molecule has 0 unspecified atom stereocenters. The average Bonchev–Trinajstić information content (AvgIpc) is 2.91. The summed E-state index contributed by atoms with van der Waals surface area (Å²) in [5, 5.41) is 4.37. The van der Waals surface area contributed by atoms with E-state index >= 15 is 0 Å². The lowest BCUT2D eigenvalue weighted by molar-refractivity contribution is 0.687. The van der Waals surface area contributed by atoms with Gasteiger partial charge in [-0.15, -0.1) is 0 Å². The summed E-state index contributed by atoms with van der Waals surface area (Å²) in [4.78, 5) is 11.4. The van der Waals surface area contributed by atoms with Crippen LogP contribution in [0.5, 0.6) is 0 Å². The van der Waals surface area contributed by atoms with Gasteiger partial charge in [0.2, 0.25) is 5.56 Å². The molecule has 4 nitrogen and oxygen atoms in total. The van der Waals surface area contributed by atoms with Crippen LogP contribution in [0.1, 0.15) is 5.56 Å². The molecular weight excluding hydrogens is 250 g/mol. The van der Waals surface area contributed by atoms with Gasteiger partial charge >= 0.3 is 0 Å². The number of benzene rings is 1. The standard InChI is InChI=1S/C16H15N3O/c1-18-11-14(7-8-16(18)20)15-9-17-19(12-15)10-13-5-3-2-4-6-13/h2-9,11-12H,10H2,1H3. The lowest BCUT2D eigenvalue weighted by atomic mass is 10.2. The summed E-state index contributed by atoms with van der Waals surface area (Å²) in [6, 6.07) is 13.6. The van der Waals surface area contributed by atoms with Crippen LogP contribution in [-0.4, -0.2) is 14.3 Å². The highest BCUT2D eigenvalue weighted by molar-refractivity contribution is 5.60. The summed E-state index contributed by atoms with van der Waals surface area (Å²) in [7, 11) is 1.75. The Morgan fingerprint density at radius 2 is 1.80 bits per heavy atom. The highest BCUT2D eigenvalue weighted by atomic mass is 16.1. The van der Waals surface area contributed by atoms with Crippen molar-refractivity contribution in [1.82, 2.24) is 14.3 Å². The number of hydrogen-bond acceptors (Lipinski definition) is 2. The van der Waals surface area contributed by atoms with Gasteiger partial charge in [0.15, 0.2) is 0 Å². The van der Waals surface area contributed by atoms with E-state index in [2.05, 4.69) is 17.2 Å². The molecule has 0 radical (unpaired) electrons. The minimum Gasteiger partial charge on any atom is -0.318 e. The van der Waals surface area contributed by atoms with E-state index in [-0.39, 0.29) is 5.56 Å². The van der Waals surface area contributed by atoms with Gasteiger partial charge in [-0.2, -0.15) is 5.10 Å². The molecule has 0 spiro atoms. The number of nitrogens with zero attached hydrogens (tertiary/aromatic N) is 3. The third kappa shape index (κ3) is 2.54. The van der Waals surface area contributed by atoms with Crippen molar-refractivity contribution in [2.45, 2.75) is 6.54 Å². The summed E-state index contributed by atoms with van der Waals surface area (Å²) >= 11 is 0. The molecule has 4 heteroatoms. The lowest BCUT2D eigenvalue weighted by Crippen LogP contribution is -2.13. The van der Waals surface area contributed by atoms with E-state index in [1.807, 2.05) is 47.5 Å². The van der Waals surface area contributed by atoms with Crippen LogP contribution >= 0.6 is 0 Å². The van der Waals surface area contributed by atoms with Crippen LogP contribution in [-0.2, 0) is 13.6 Å². The van der Waals surface area contributed by atoms with Crippen LogP contribution in [0.2, 0.25) is 0 Å². The van der Waals surface area contributed by atoms with Gasteiger partial charge in [0.1, 0.15) is 0 Å². The highest BCUT2D eigenvalue weighted by Gasteiger charge is 2.03. The predicted molar refractivity (Wildman–Crippen MR) is 78.4 cm³/mol. The normalized spacial score (nSPS) is 10.7. The highest BCUT2D eigenvalue weighted by Crippen LogP contribution is 2.17. The van der Waals surface area contributed by atoms with Gasteiger partial charge in [-0.05, 0) is 11.6 Å². The van der Waals surface area contributed by atoms with Gasteiger partial charge in [0, 0.05) is 36.6 Å². The predicted octanol–water partition coefficient (Wildman–Crippen LogP) is 2.30. The summed E-state index contributed by atoms with van der Waals surface area (Å²) in [6.45, 7) is 0.743. The molecule has 0 amide bonds. The minimum atomic E-state index is -0.00886. The van der Waals surface area contributed by atoms with Gasteiger partial charge in [0.05, 0.1) is 12.7 Å². The second-order valence-corrected chi connectivity index (χ2v) is 4.78. The number of pyridine rings is 1. The zero-order valence-corrected chi connectivity index (χ0v) is 11.2. The molecule has 0 aliphatic rings. The van der Waals surface area contributed by atoms with Gasteiger partial charge in [0.25, 0.3) is 0 Å². The molecule has 2 heterocycles. The zero-order chi connectivity index (χ0) is 13.9. The molecule has 2 aromatic heterocycles. The van der Waals surface area contributed by atoms with Crippen molar-refractivity contribution >= 4 is 0 Å². The van der Waals surface area contributed by atoms with E-state index < -0.39 is 0 Å². The quantitative estimate of drug-likeness (QED) is 0.729. The van der Waals surface area contributed by atoms with Crippen LogP contribution in [0.15, 0.2) is 65.8 Å². The third-order valence-corrected chi connectivity index (χ3v) is 3.24. The van der Waals surface area contributed by atoms with E-state index in [1.54, 1.807) is 17.7 Å². The number of aryl methyl sites for hydroxylation is 1. The van der Waals surface area contributed by atoms with Gasteiger partial charge in [-0.1, -0.05) is 30.3 Å². The zero-order valence-electron chi connectivity index (χ0n) is 11.2. The third-order valence-electron chi connectivity index (χ3n) is 3.24. The molecule has 0 fully saturated rings. The van der Waals surface area contributed by atoms with Crippen LogP contribution < -0.4 is 5.56 Å². The van der Waals surface area contributed by atoms with Crippen molar-refractivity contribution in [3.05, 3.63) is 77.0 Å². The maximum absolute atomic E-state index is 11.4. The van der Waals surface area contributed by atoms with Crippen molar-refractivity contribution in [1.29, 1.82) is 0 Å². The van der Waals surface area contributed by atoms with Crippen molar-refractivity contribution in [3.63, 3.8) is 0 Å².